The molecule has 168 valence electrons. The molecule has 2 aromatic rings. The largest absolute Gasteiger partial charge is 0.373 e. The van der Waals surface area contributed by atoms with Gasteiger partial charge in [-0.3, -0.25) is 0 Å². The van der Waals surface area contributed by atoms with Crippen molar-refractivity contribution in [2.75, 3.05) is 42.9 Å². The number of benzene rings is 1. The van der Waals surface area contributed by atoms with Gasteiger partial charge in [0.05, 0.1) is 22.3 Å². The highest BCUT2D eigenvalue weighted by Gasteiger charge is 2.31. The Balaban J connectivity index is 0.00000112. The van der Waals surface area contributed by atoms with E-state index in [1.165, 1.54) is 58.2 Å². The van der Waals surface area contributed by atoms with Crippen molar-refractivity contribution in [3.05, 3.63) is 51.7 Å². The molecule has 31 heavy (non-hydrogen) atoms. The summed E-state index contributed by atoms with van der Waals surface area (Å²) >= 11 is 1.93. The Morgan fingerprint density at radius 1 is 1.06 bits per heavy atom. The molecule has 0 saturated carbocycles. The van der Waals surface area contributed by atoms with Crippen molar-refractivity contribution in [3.63, 3.8) is 0 Å². The summed E-state index contributed by atoms with van der Waals surface area (Å²) in [6.45, 7) is 14.1. The number of rotatable bonds is 4. The van der Waals surface area contributed by atoms with Gasteiger partial charge in [-0.1, -0.05) is 32.9 Å². The lowest BCUT2D eigenvalue weighted by Gasteiger charge is -2.34. The van der Waals surface area contributed by atoms with E-state index in [2.05, 4.69) is 70.7 Å². The Bertz CT molecular complexity index is 879. The lowest BCUT2D eigenvalue weighted by molar-refractivity contribution is 0.359. The predicted molar refractivity (Wildman–Crippen MR) is 136 cm³/mol. The predicted octanol–water partition coefficient (Wildman–Crippen LogP) is 5.87. The molecule has 1 aromatic carbocycles. The average molecular weight is 439 g/mol. The first-order chi connectivity index (χ1) is 15.2. The molecule has 0 bridgehead atoms. The zero-order valence-electron chi connectivity index (χ0n) is 19.6. The number of likely N-dealkylation sites (tertiary alicyclic amines) is 1. The van der Waals surface area contributed by atoms with E-state index in [0.717, 1.165) is 26.2 Å². The molecular formula is C26H38N4S. The molecule has 3 aliphatic rings. The van der Waals surface area contributed by atoms with E-state index in [1.54, 1.807) is 0 Å². The molecule has 5 heteroatoms. The SMILES string of the molecule is CC.CCC1CCCN1C1=CC(c2ccc(N3CCNCC3)cc2)Nc2cc(C)sc21. The number of piperazine rings is 1. The number of nitrogens with one attached hydrogen (secondary N) is 2. The summed E-state index contributed by atoms with van der Waals surface area (Å²) in [5, 5.41) is 7.24. The van der Waals surface area contributed by atoms with Crippen LogP contribution in [-0.2, 0) is 0 Å². The van der Waals surface area contributed by atoms with Gasteiger partial charge in [0, 0.05) is 49.3 Å². The zero-order chi connectivity index (χ0) is 21.8. The van der Waals surface area contributed by atoms with Gasteiger partial charge in [-0.05, 0) is 56.0 Å². The molecule has 2 fully saturated rings. The molecule has 2 unspecified atom stereocenters. The maximum atomic E-state index is 3.80. The van der Waals surface area contributed by atoms with Crippen LogP contribution in [0.25, 0.3) is 5.70 Å². The fraction of sp³-hybridized carbons (Fsp3) is 0.538. The zero-order valence-corrected chi connectivity index (χ0v) is 20.4. The number of hydrogen-bond acceptors (Lipinski definition) is 5. The smallest absolute Gasteiger partial charge is 0.0736 e. The normalized spacial score (nSPS) is 22.9. The van der Waals surface area contributed by atoms with E-state index in [1.807, 2.05) is 25.2 Å². The highest BCUT2D eigenvalue weighted by Crippen LogP contribution is 2.44. The topological polar surface area (TPSA) is 30.5 Å². The first-order valence-corrected chi connectivity index (χ1v) is 13.0. The summed E-state index contributed by atoms with van der Waals surface area (Å²) in [7, 11) is 0. The second-order valence-corrected chi connectivity index (χ2v) is 9.76. The monoisotopic (exact) mass is 438 g/mol. The third-order valence-corrected chi connectivity index (χ3v) is 7.69. The second-order valence-electron chi connectivity index (χ2n) is 8.50. The lowest BCUT2D eigenvalue weighted by atomic mass is 10.00. The molecule has 0 amide bonds. The number of anilines is 2. The molecule has 1 aromatic heterocycles. The molecular weight excluding hydrogens is 400 g/mol. The minimum Gasteiger partial charge on any atom is -0.373 e. The van der Waals surface area contributed by atoms with Crippen LogP contribution in [0.4, 0.5) is 11.4 Å². The van der Waals surface area contributed by atoms with Gasteiger partial charge < -0.3 is 20.4 Å². The Kier molecular flexibility index (Phi) is 7.24. The van der Waals surface area contributed by atoms with Gasteiger partial charge in [0.2, 0.25) is 0 Å². The number of aryl methyl sites for hydroxylation is 1. The molecule has 2 saturated heterocycles. The van der Waals surface area contributed by atoms with Crippen LogP contribution >= 0.6 is 11.3 Å². The fourth-order valence-corrected chi connectivity index (χ4v) is 6.07. The van der Waals surface area contributed by atoms with Crippen LogP contribution in [0.5, 0.6) is 0 Å². The van der Waals surface area contributed by atoms with Crippen LogP contribution in [0, 0.1) is 6.92 Å². The highest BCUT2D eigenvalue weighted by atomic mass is 32.1. The van der Waals surface area contributed by atoms with E-state index < -0.39 is 0 Å². The molecule has 2 atom stereocenters. The summed E-state index contributed by atoms with van der Waals surface area (Å²) < 4.78 is 0. The summed E-state index contributed by atoms with van der Waals surface area (Å²) in [4.78, 5) is 7.97. The lowest BCUT2D eigenvalue weighted by Crippen LogP contribution is -2.43. The number of hydrogen-bond donors (Lipinski definition) is 2. The van der Waals surface area contributed by atoms with Crippen LogP contribution in [-0.4, -0.2) is 43.7 Å². The van der Waals surface area contributed by atoms with Crippen molar-refractivity contribution >= 4 is 28.4 Å². The fourth-order valence-electron chi connectivity index (χ4n) is 5.05. The second kappa shape index (κ2) is 10.1. The third-order valence-electron chi connectivity index (χ3n) is 6.62. The summed E-state index contributed by atoms with van der Waals surface area (Å²) in [6.07, 6.45) is 6.35. The van der Waals surface area contributed by atoms with Gasteiger partial charge in [0.1, 0.15) is 0 Å². The average Bonchev–Trinajstić information content (AvgIpc) is 3.46. The van der Waals surface area contributed by atoms with Crippen molar-refractivity contribution < 1.29 is 0 Å². The molecule has 4 heterocycles. The van der Waals surface area contributed by atoms with Crippen molar-refractivity contribution in [3.8, 4) is 0 Å². The molecule has 0 spiro atoms. The molecule has 4 nitrogen and oxygen atoms in total. The molecule has 0 aliphatic carbocycles. The van der Waals surface area contributed by atoms with E-state index in [-0.39, 0.29) is 6.04 Å². The van der Waals surface area contributed by atoms with Crippen LogP contribution in [0.3, 0.4) is 0 Å². The van der Waals surface area contributed by atoms with E-state index in [4.69, 9.17) is 0 Å². The molecule has 5 rings (SSSR count). The molecule has 2 N–H and O–H groups in total. The number of thiophene rings is 1. The Morgan fingerprint density at radius 2 is 1.81 bits per heavy atom. The third kappa shape index (κ3) is 4.63. The highest BCUT2D eigenvalue weighted by molar-refractivity contribution is 7.13. The van der Waals surface area contributed by atoms with E-state index >= 15 is 0 Å². The number of nitrogens with zero attached hydrogens (tertiary/aromatic N) is 2. The molecule has 3 aliphatic heterocycles. The standard InChI is InChI=1S/C24H32N4S.C2H6/c1-3-19-5-4-12-28(19)23-16-21(26-22-15-17(2)29-24(22)23)18-6-8-20(9-7-18)27-13-10-25-11-14-27;1-2/h6-9,15-16,19,21,25-26H,3-5,10-14H2,1-2H3;1-2H3. The van der Waals surface area contributed by atoms with Crippen molar-refractivity contribution in [2.24, 2.45) is 0 Å². The van der Waals surface area contributed by atoms with Gasteiger partial charge in [0.25, 0.3) is 0 Å². The summed E-state index contributed by atoms with van der Waals surface area (Å²) in [5.41, 5.74) is 5.45. The van der Waals surface area contributed by atoms with Gasteiger partial charge in [-0.25, -0.2) is 0 Å². The van der Waals surface area contributed by atoms with Crippen molar-refractivity contribution in [2.45, 2.75) is 59.0 Å². The summed E-state index contributed by atoms with van der Waals surface area (Å²) in [6, 6.07) is 12.5. The van der Waals surface area contributed by atoms with Crippen LogP contribution in [0.2, 0.25) is 0 Å². The van der Waals surface area contributed by atoms with Gasteiger partial charge in [0.15, 0.2) is 0 Å². The van der Waals surface area contributed by atoms with Gasteiger partial charge in [-0.15, -0.1) is 11.3 Å². The number of fused-ring (bicyclic) bond motifs is 1. The van der Waals surface area contributed by atoms with Crippen LogP contribution < -0.4 is 15.5 Å². The van der Waals surface area contributed by atoms with Gasteiger partial charge in [-0.2, -0.15) is 0 Å². The Labute approximate surface area is 192 Å². The van der Waals surface area contributed by atoms with E-state index in [9.17, 15) is 0 Å². The van der Waals surface area contributed by atoms with Crippen molar-refractivity contribution in [1.29, 1.82) is 0 Å². The molecule has 0 radical (unpaired) electrons. The quantitative estimate of drug-likeness (QED) is 0.624. The maximum Gasteiger partial charge on any atom is 0.0736 e. The Hall–Kier alpha value is -1.98. The Morgan fingerprint density at radius 3 is 2.52 bits per heavy atom. The van der Waals surface area contributed by atoms with Gasteiger partial charge >= 0.3 is 0 Å². The van der Waals surface area contributed by atoms with Crippen LogP contribution in [0.15, 0.2) is 36.4 Å². The van der Waals surface area contributed by atoms with Crippen molar-refractivity contribution in [1.82, 2.24) is 10.2 Å². The first-order valence-electron chi connectivity index (χ1n) is 12.1. The summed E-state index contributed by atoms with van der Waals surface area (Å²) in [5.74, 6) is 0. The minimum absolute atomic E-state index is 0.238. The first kappa shape index (κ1) is 22.2. The van der Waals surface area contributed by atoms with E-state index in [0.29, 0.717) is 6.04 Å². The van der Waals surface area contributed by atoms with Crippen LogP contribution in [0.1, 0.15) is 61.4 Å². The maximum absolute atomic E-state index is 3.80. The minimum atomic E-state index is 0.238.